The molecule has 2 aliphatic rings. The first kappa shape index (κ1) is 83.1. The maximum atomic E-state index is 14.8. The van der Waals surface area contributed by atoms with Crippen molar-refractivity contribution in [2.45, 2.75) is 196 Å². The molecule has 564 valence electrons. The molecule has 0 saturated carbocycles. The number of hydrogen-bond donors (Lipinski definition) is 21. The molecule has 3 aromatic rings. The van der Waals surface area contributed by atoms with Crippen LogP contribution >= 0.6 is 0 Å². The van der Waals surface area contributed by atoms with Gasteiger partial charge in [0.15, 0.2) is 0 Å². The lowest BCUT2D eigenvalue weighted by Gasteiger charge is -2.29. The fourth-order valence-electron chi connectivity index (χ4n) is 10.8. The number of carboxylic acids is 1. The molecule has 12 amide bonds. The maximum Gasteiger partial charge on any atom is 0.329 e. The summed E-state index contributed by atoms with van der Waals surface area (Å²) in [5, 5.41) is 103. The van der Waals surface area contributed by atoms with Gasteiger partial charge in [-0.15, -0.1) is 0 Å². The predicted octanol–water partition coefficient (Wildman–Crippen LogP) is -5.51. The number of ether oxygens (including phenoxy) is 1. The van der Waals surface area contributed by atoms with Gasteiger partial charge in [0.25, 0.3) is 5.91 Å². The summed E-state index contributed by atoms with van der Waals surface area (Å²) in [5.41, 5.74) is 12.1. The van der Waals surface area contributed by atoms with Gasteiger partial charge in [-0.2, -0.15) is 0 Å². The standard InChI is InChI=1S/C67H94N14O22/c1-5-33(2)53-67(102)103-32-42(86)31-50(76-62(97)47(28-36-10-16-39(83)17-11-36)75-57(92)45(22-24-51(69)87)74-56(91)43-9-7-27-70-43)60(95)71-34(3)55(90)72-46(23-25-52(88)89)58(93)80-54(35(4)82)64(99)77-48(29-37-12-18-40(84)19-13-37)61(96)73-44(8-6-26-68)59(94)81-66(101)65(100)78-49(63(98)79-53)30-38-14-20-41(85)21-15-38/h10-21,33-35,42-50,53-54,66,70,82-86,101H,5-9,22-32,68H2,1-4H3,(H2,69,87)(H,71,95)(H,72,90)(H,73,96)(H,74,91)(H,75,92)(H,76,97)(H,77,99)(H,78,100)(H,79,98)(H,80,93)(H,81,94)(H,88,89)/t33-,34+,35+,42-,43-,44-,45-,46-,47-,48+,49+,50+,53-,54+,66+/m0/s1. The third-order valence-corrected chi connectivity index (χ3v) is 17.0. The van der Waals surface area contributed by atoms with Crippen molar-refractivity contribution in [2.75, 3.05) is 19.7 Å². The third kappa shape index (κ3) is 27.4. The highest BCUT2D eigenvalue weighted by atomic mass is 16.5. The van der Waals surface area contributed by atoms with Crippen molar-refractivity contribution in [3.05, 3.63) is 89.5 Å². The van der Waals surface area contributed by atoms with Crippen molar-refractivity contribution in [1.29, 1.82) is 0 Å². The first-order valence-electron chi connectivity index (χ1n) is 33.6. The molecule has 0 unspecified atom stereocenters. The van der Waals surface area contributed by atoms with Crippen LogP contribution in [0.15, 0.2) is 72.8 Å². The maximum absolute atomic E-state index is 14.8. The lowest BCUT2D eigenvalue weighted by molar-refractivity contribution is -0.153. The minimum Gasteiger partial charge on any atom is -0.508 e. The molecule has 36 nitrogen and oxygen atoms in total. The number of carbonyl (C=O) groups is 14. The number of aliphatic hydroxyl groups is 3. The van der Waals surface area contributed by atoms with Crippen LogP contribution in [0.25, 0.3) is 0 Å². The number of phenols is 3. The van der Waals surface area contributed by atoms with Crippen LogP contribution in [0.2, 0.25) is 0 Å². The number of aliphatic hydroxyl groups excluding tert-OH is 3. The van der Waals surface area contributed by atoms with Gasteiger partial charge in [-0.3, -0.25) is 62.3 Å². The number of benzene rings is 3. The number of phenolic OH excluding ortho intramolecular Hbond substituents is 3. The van der Waals surface area contributed by atoms with E-state index in [1.165, 1.54) is 79.7 Å². The van der Waals surface area contributed by atoms with Gasteiger partial charge in [0.05, 0.1) is 18.2 Å². The molecule has 3 aromatic carbocycles. The minimum atomic E-state index is -2.49. The van der Waals surface area contributed by atoms with Gasteiger partial charge in [-0.1, -0.05) is 56.7 Å². The molecule has 0 aliphatic carbocycles. The van der Waals surface area contributed by atoms with E-state index in [-0.39, 0.29) is 55.0 Å². The summed E-state index contributed by atoms with van der Waals surface area (Å²) >= 11 is 0. The second-order valence-corrected chi connectivity index (χ2v) is 25.3. The van der Waals surface area contributed by atoms with Crippen LogP contribution in [0.3, 0.4) is 0 Å². The van der Waals surface area contributed by atoms with E-state index in [4.69, 9.17) is 16.2 Å². The first-order chi connectivity index (χ1) is 48.7. The van der Waals surface area contributed by atoms with Gasteiger partial charge >= 0.3 is 11.9 Å². The monoisotopic (exact) mass is 1450 g/mol. The van der Waals surface area contributed by atoms with Gasteiger partial charge < -0.3 is 116 Å². The number of cyclic esters (lactones) is 1. The van der Waals surface area contributed by atoms with E-state index in [9.17, 15) is 103 Å². The number of primary amides is 1. The van der Waals surface area contributed by atoms with Crippen LogP contribution in [0, 0.1) is 5.92 Å². The van der Waals surface area contributed by atoms with Crippen molar-refractivity contribution in [3.8, 4) is 17.2 Å². The van der Waals surface area contributed by atoms with Crippen LogP contribution in [-0.2, 0) is 91.1 Å². The van der Waals surface area contributed by atoms with Crippen molar-refractivity contribution in [1.82, 2.24) is 63.8 Å². The Bertz CT molecular complexity index is 3450. The first-order valence-corrected chi connectivity index (χ1v) is 33.6. The van der Waals surface area contributed by atoms with Crippen molar-refractivity contribution >= 4 is 82.8 Å². The number of aromatic hydroxyl groups is 3. The molecule has 2 heterocycles. The lowest BCUT2D eigenvalue weighted by atomic mass is 9.98. The van der Waals surface area contributed by atoms with Crippen molar-refractivity contribution in [2.24, 2.45) is 17.4 Å². The topological polar surface area (TPSA) is 586 Å². The average molecular weight is 1450 g/mol. The van der Waals surface area contributed by atoms with Gasteiger partial charge in [0, 0.05) is 38.5 Å². The zero-order valence-corrected chi connectivity index (χ0v) is 57.3. The second-order valence-electron chi connectivity index (χ2n) is 25.3. The molecule has 0 radical (unpaired) electrons. The molecule has 2 fully saturated rings. The van der Waals surface area contributed by atoms with Crippen LogP contribution in [0.5, 0.6) is 17.2 Å². The molecule has 0 bridgehead atoms. The fourth-order valence-corrected chi connectivity index (χ4v) is 10.8. The Morgan fingerprint density at radius 2 is 1.12 bits per heavy atom. The Kier molecular flexibility index (Phi) is 32.9. The Balaban J connectivity index is 1.60. The molecule has 23 N–H and O–H groups in total. The summed E-state index contributed by atoms with van der Waals surface area (Å²) in [5.74, 6) is -17.6. The van der Waals surface area contributed by atoms with E-state index < -0.39 is 225 Å². The molecular weight excluding hydrogens is 1350 g/mol. The Morgan fingerprint density at radius 3 is 1.65 bits per heavy atom. The number of nitrogens with one attached hydrogen (secondary N) is 12. The van der Waals surface area contributed by atoms with E-state index >= 15 is 0 Å². The minimum absolute atomic E-state index is 0.0301. The van der Waals surface area contributed by atoms with E-state index in [0.717, 1.165) is 13.8 Å². The number of rotatable bonds is 24. The molecule has 0 aromatic heterocycles. The highest BCUT2D eigenvalue weighted by Gasteiger charge is 2.39. The molecule has 2 aliphatic heterocycles. The van der Waals surface area contributed by atoms with Crippen LogP contribution in [0.1, 0.15) is 109 Å². The van der Waals surface area contributed by atoms with Crippen LogP contribution in [-0.4, -0.2) is 223 Å². The Labute approximate surface area is 592 Å². The van der Waals surface area contributed by atoms with E-state index in [2.05, 4.69) is 63.8 Å². The molecular formula is C67H94N14O22. The predicted molar refractivity (Wildman–Crippen MR) is 362 cm³/mol. The normalized spacial score (nSPS) is 24.5. The summed E-state index contributed by atoms with van der Waals surface area (Å²) in [4.78, 5) is 195. The van der Waals surface area contributed by atoms with E-state index in [0.29, 0.717) is 30.5 Å². The number of carboxylic acid groups (broad SMARTS) is 1. The van der Waals surface area contributed by atoms with Gasteiger partial charge in [-0.25, -0.2) is 4.79 Å². The fraction of sp³-hybridized carbons (Fsp3) is 0.522. The van der Waals surface area contributed by atoms with Crippen LogP contribution in [0.4, 0.5) is 0 Å². The highest BCUT2D eigenvalue weighted by Crippen LogP contribution is 2.19. The van der Waals surface area contributed by atoms with Gasteiger partial charge in [-0.05, 0) is 124 Å². The van der Waals surface area contributed by atoms with Crippen molar-refractivity contribution < 1.29 is 108 Å². The van der Waals surface area contributed by atoms with E-state index in [1.54, 1.807) is 6.92 Å². The molecule has 15 atom stereocenters. The smallest absolute Gasteiger partial charge is 0.329 e. The van der Waals surface area contributed by atoms with Gasteiger partial charge in [0.2, 0.25) is 71.2 Å². The zero-order chi connectivity index (χ0) is 76.2. The molecule has 103 heavy (non-hydrogen) atoms. The lowest BCUT2D eigenvalue weighted by Crippen LogP contribution is -2.62. The zero-order valence-electron chi connectivity index (χ0n) is 57.3. The molecule has 5 rings (SSSR count). The number of hydrogen-bond acceptors (Lipinski definition) is 23. The molecule has 0 spiro atoms. The third-order valence-electron chi connectivity index (χ3n) is 17.0. The summed E-state index contributed by atoms with van der Waals surface area (Å²) in [6.45, 7) is 4.72. The molecule has 2 saturated heterocycles. The molecule has 36 heteroatoms. The number of carbonyl (C=O) groups excluding carboxylic acids is 13. The largest absolute Gasteiger partial charge is 0.508 e. The number of aliphatic carboxylic acids is 1. The summed E-state index contributed by atoms with van der Waals surface area (Å²) in [7, 11) is 0. The van der Waals surface area contributed by atoms with Gasteiger partial charge in [0.1, 0.15) is 84.3 Å². The SMILES string of the molecule is CC[C@H](C)[C@@H]1NC(=O)[C@@H](Cc2ccc(O)cc2)NC(=O)[C@@H](O)NC(=O)[C@H](CCCN)NC(=O)[C@@H](Cc2ccc(O)cc2)NC(=O)[C@@H]([C@@H](C)O)NC(=O)[C@H](CCC(=O)O)NC(=O)[C@@H](C)NC(=O)[C@H](NC(=O)[C@H](Cc2ccc(O)cc2)NC(=O)[C@H](CCC(N)=O)NC(=O)[C@@H]2CCCN2)C[C@H](O)COC1=O. The number of amides is 12. The number of esters is 1. The van der Waals surface area contributed by atoms with Crippen molar-refractivity contribution in [3.63, 3.8) is 0 Å². The quantitative estimate of drug-likeness (QED) is 0.0372. The summed E-state index contributed by atoms with van der Waals surface area (Å²) in [6, 6.07) is -2.47. The summed E-state index contributed by atoms with van der Waals surface area (Å²) < 4.78 is 5.55. The highest BCUT2D eigenvalue weighted by molar-refractivity contribution is 6.00. The average Bonchev–Trinajstić information content (AvgIpc) is 0.918. The number of nitrogens with two attached hydrogens (primary N) is 2. The Hall–Kier alpha value is -10.6. The van der Waals surface area contributed by atoms with E-state index in [1.807, 2.05) is 0 Å². The van der Waals surface area contributed by atoms with Crippen LogP contribution < -0.4 is 75.3 Å². The second kappa shape index (κ2) is 40.8. The summed E-state index contributed by atoms with van der Waals surface area (Å²) in [6.07, 6.45) is -9.71. The Morgan fingerprint density at radius 1 is 0.602 bits per heavy atom.